The van der Waals surface area contributed by atoms with Crippen molar-refractivity contribution in [2.75, 3.05) is 24.6 Å². The fourth-order valence-electron chi connectivity index (χ4n) is 2.72. The second-order valence-electron chi connectivity index (χ2n) is 5.43. The van der Waals surface area contributed by atoms with E-state index in [0.29, 0.717) is 11.5 Å². The molecule has 1 aliphatic heterocycles. The highest BCUT2D eigenvalue weighted by atomic mass is 16.5. The van der Waals surface area contributed by atoms with E-state index in [1.165, 1.54) is 0 Å². The lowest BCUT2D eigenvalue weighted by molar-refractivity contribution is 0.222. The van der Waals surface area contributed by atoms with E-state index in [0.717, 1.165) is 44.0 Å². The minimum atomic E-state index is 0.548. The van der Waals surface area contributed by atoms with E-state index in [4.69, 9.17) is 4.74 Å². The standard InChI is InChI=1S/C17H18N4O/c18-11-15-1-6-20-12-17(15)21-9-4-14(5-10-21)13-22-16-2-7-19-8-3-16/h1-3,6-8,12,14H,4-5,9-10,13H2. The van der Waals surface area contributed by atoms with Gasteiger partial charge in [0, 0.05) is 31.7 Å². The maximum Gasteiger partial charge on any atom is 0.122 e. The number of hydrogen-bond acceptors (Lipinski definition) is 5. The van der Waals surface area contributed by atoms with Gasteiger partial charge in [0.15, 0.2) is 0 Å². The minimum absolute atomic E-state index is 0.548. The largest absolute Gasteiger partial charge is 0.493 e. The van der Waals surface area contributed by atoms with E-state index in [-0.39, 0.29) is 0 Å². The van der Waals surface area contributed by atoms with Gasteiger partial charge in [-0.25, -0.2) is 0 Å². The molecule has 5 heteroatoms. The molecule has 1 fully saturated rings. The maximum atomic E-state index is 9.18. The van der Waals surface area contributed by atoms with Crippen LogP contribution in [0.2, 0.25) is 0 Å². The molecule has 0 radical (unpaired) electrons. The zero-order chi connectivity index (χ0) is 15.2. The molecule has 3 rings (SSSR count). The lowest BCUT2D eigenvalue weighted by Gasteiger charge is -2.33. The predicted octanol–water partition coefficient (Wildman–Crippen LogP) is 2.64. The Morgan fingerprint density at radius 2 is 1.86 bits per heavy atom. The zero-order valence-electron chi connectivity index (χ0n) is 12.4. The Labute approximate surface area is 130 Å². The van der Waals surface area contributed by atoms with E-state index >= 15 is 0 Å². The van der Waals surface area contributed by atoms with Crippen molar-refractivity contribution >= 4 is 5.69 Å². The van der Waals surface area contributed by atoms with Crippen LogP contribution in [0.15, 0.2) is 43.0 Å². The summed E-state index contributed by atoms with van der Waals surface area (Å²) in [4.78, 5) is 10.4. The summed E-state index contributed by atoms with van der Waals surface area (Å²) in [6.45, 7) is 2.60. The van der Waals surface area contributed by atoms with Gasteiger partial charge in [0.1, 0.15) is 11.8 Å². The fraction of sp³-hybridized carbons (Fsp3) is 0.353. The van der Waals surface area contributed by atoms with Gasteiger partial charge in [-0.15, -0.1) is 0 Å². The van der Waals surface area contributed by atoms with Crippen LogP contribution in [0.3, 0.4) is 0 Å². The summed E-state index contributed by atoms with van der Waals surface area (Å²) in [5.74, 6) is 1.42. The lowest BCUT2D eigenvalue weighted by Crippen LogP contribution is -2.36. The number of pyridine rings is 2. The summed E-state index contributed by atoms with van der Waals surface area (Å²) >= 11 is 0. The number of piperidine rings is 1. The molecule has 5 nitrogen and oxygen atoms in total. The number of anilines is 1. The number of nitriles is 1. The molecule has 112 valence electrons. The van der Waals surface area contributed by atoms with Gasteiger partial charge < -0.3 is 9.64 Å². The summed E-state index contributed by atoms with van der Waals surface area (Å²) < 4.78 is 5.81. The van der Waals surface area contributed by atoms with E-state index in [2.05, 4.69) is 20.9 Å². The molecule has 22 heavy (non-hydrogen) atoms. The van der Waals surface area contributed by atoms with Gasteiger partial charge >= 0.3 is 0 Å². The highest BCUT2D eigenvalue weighted by Gasteiger charge is 2.21. The molecule has 0 aliphatic carbocycles. The van der Waals surface area contributed by atoms with Gasteiger partial charge in [-0.1, -0.05) is 0 Å². The summed E-state index contributed by atoms with van der Waals surface area (Å²) in [7, 11) is 0. The Hall–Kier alpha value is -2.61. The van der Waals surface area contributed by atoms with Gasteiger partial charge in [0.25, 0.3) is 0 Å². The summed E-state index contributed by atoms with van der Waals surface area (Å²) in [5, 5.41) is 9.18. The number of nitrogens with zero attached hydrogens (tertiary/aromatic N) is 4. The highest BCUT2D eigenvalue weighted by Crippen LogP contribution is 2.25. The molecule has 0 N–H and O–H groups in total. The Bertz CT molecular complexity index is 645. The molecule has 0 bridgehead atoms. The molecular formula is C17H18N4O. The summed E-state index contributed by atoms with van der Waals surface area (Å²) in [6, 6.07) is 7.77. The van der Waals surface area contributed by atoms with E-state index in [1.54, 1.807) is 30.9 Å². The van der Waals surface area contributed by atoms with Gasteiger partial charge in [0.05, 0.1) is 24.1 Å². The molecule has 0 saturated carbocycles. The topological polar surface area (TPSA) is 62.0 Å². The highest BCUT2D eigenvalue weighted by molar-refractivity contribution is 5.57. The van der Waals surface area contributed by atoms with Crippen molar-refractivity contribution in [2.45, 2.75) is 12.8 Å². The summed E-state index contributed by atoms with van der Waals surface area (Å²) in [6.07, 6.45) is 9.05. The van der Waals surface area contributed by atoms with Crippen molar-refractivity contribution in [3.63, 3.8) is 0 Å². The third-order valence-electron chi connectivity index (χ3n) is 4.01. The van der Waals surface area contributed by atoms with Crippen molar-refractivity contribution < 1.29 is 4.74 Å². The first-order chi connectivity index (χ1) is 10.9. The first-order valence-corrected chi connectivity index (χ1v) is 7.48. The van der Waals surface area contributed by atoms with Crippen molar-refractivity contribution in [2.24, 2.45) is 5.92 Å². The average Bonchev–Trinajstić information content (AvgIpc) is 2.61. The molecule has 0 aromatic carbocycles. The predicted molar refractivity (Wildman–Crippen MR) is 83.6 cm³/mol. The van der Waals surface area contributed by atoms with Crippen LogP contribution in [-0.2, 0) is 0 Å². The molecule has 1 saturated heterocycles. The maximum absolute atomic E-state index is 9.18. The SMILES string of the molecule is N#Cc1ccncc1N1CCC(COc2ccncc2)CC1. The quantitative estimate of drug-likeness (QED) is 0.867. The van der Waals surface area contributed by atoms with E-state index < -0.39 is 0 Å². The molecule has 0 unspecified atom stereocenters. The molecule has 2 aromatic heterocycles. The smallest absolute Gasteiger partial charge is 0.122 e. The number of ether oxygens (including phenoxy) is 1. The van der Waals surface area contributed by atoms with Gasteiger partial charge in [-0.2, -0.15) is 5.26 Å². The molecular weight excluding hydrogens is 276 g/mol. The van der Waals surface area contributed by atoms with Crippen molar-refractivity contribution in [3.05, 3.63) is 48.5 Å². The Balaban J connectivity index is 1.53. The molecule has 0 atom stereocenters. The average molecular weight is 294 g/mol. The molecule has 1 aliphatic rings. The first-order valence-electron chi connectivity index (χ1n) is 7.48. The van der Waals surface area contributed by atoms with Crippen LogP contribution >= 0.6 is 0 Å². The van der Waals surface area contributed by atoms with Crippen LogP contribution < -0.4 is 9.64 Å². The third-order valence-corrected chi connectivity index (χ3v) is 4.01. The van der Waals surface area contributed by atoms with Crippen LogP contribution in [-0.4, -0.2) is 29.7 Å². The number of aromatic nitrogens is 2. The van der Waals surface area contributed by atoms with E-state index in [9.17, 15) is 5.26 Å². The fourth-order valence-corrected chi connectivity index (χ4v) is 2.72. The third kappa shape index (κ3) is 3.34. The van der Waals surface area contributed by atoms with Crippen molar-refractivity contribution in [1.82, 2.24) is 9.97 Å². The number of rotatable bonds is 4. The van der Waals surface area contributed by atoms with E-state index in [1.807, 2.05) is 12.1 Å². The van der Waals surface area contributed by atoms with Crippen LogP contribution in [0.1, 0.15) is 18.4 Å². The van der Waals surface area contributed by atoms with Crippen molar-refractivity contribution in [1.29, 1.82) is 5.26 Å². The van der Waals surface area contributed by atoms with Crippen LogP contribution in [0, 0.1) is 17.2 Å². The minimum Gasteiger partial charge on any atom is -0.493 e. The normalized spacial score (nSPS) is 15.3. The van der Waals surface area contributed by atoms with Crippen LogP contribution in [0.25, 0.3) is 0 Å². The second kappa shape index (κ2) is 6.90. The Morgan fingerprint density at radius 3 is 2.59 bits per heavy atom. The lowest BCUT2D eigenvalue weighted by atomic mass is 9.97. The van der Waals surface area contributed by atoms with Crippen molar-refractivity contribution in [3.8, 4) is 11.8 Å². The second-order valence-corrected chi connectivity index (χ2v) is 5.43. The zero-order valence-corrected chi connectivity index (χ0v) is 12.4. The van der Waals surface area contributed by atoms with Crippen LogP contribution in [0.4, 0.5) is 5.69 Å². The Morgan fingerprint density at radius 1 is 1.14 bits per heavy atom. The van der Waals surface area contributed by atoms with Gasteiger partial charge in [-0.3, -0.25) is 9.97 Å². The van der Waals surface area contributed by atoms with Crippen LogP contribution in [0.5, 0.6) is 5.75 Å². The van der Waals surface area contributed by atoms with Gasteiger partial charge in [-0.05, 0) is 37.0 Å². The monoisotopic (exact) mass is 294 g/mol. The molecule has 2 aromatic rings. The molecule has 0 spiro atoms. The van der Waals surface area contributed by atoms with Gasteiger partial charge in [0.2, 0.25) is 0 Å². The first kappa shape index (κ1) is 14.3. The summed E-state index contributed by atoms with van der Waals surface area (Å²) in [5.41, 5.74) is 1.64. The number of hydrogen-bond donors (Lipinski definition) is 0. The Kier molecular flexibility index (Phi) is 4.50. The molecule has 0 amide bonds. The molecule has 3 heterocycles.